The van der Waals surface area contributed by atoms with E-state index in [1.165, 1.54) is 34.0 Å². The number of rotatable bonds is 3. The van der Waals surface area contributed by atoms with Gasteiger partial charge in [-0.1, -0.05) is 0 Å². The molecule has 1 aromatic carbocycles. The number of fused-ring (bicyclic) bond motifs is 1. The number of amides is 2. The lowest BCUT2D eigenvalue weighted by Gasteiger charge is -2.32. The van der Waals surface area contributed by atoms with Crippen molar-refractivity contribution in [3.8, 4) is 0 Å². The maximum atomic E-state index is 13.1. The van der Waals surface area contributed by atoms with Gasteiger partial charge in [0.25, 0.3) is 17.4 Å². The lowest BCUT2D eigenvalue weighted by molar-refractivity contribution is -0.137. The molecular weight excluding hydrogens is 449 g/mol. The molecule has 0 saturated heterocycles. The van der Waals surface area contributed by atoms with E-state index in [4.69, 9.17) is 0 Å². The van der Waals surface area contributed by atoms with Gasteiger partial charge >= 0.3 is 6.18 Å². The van der Waals surface area contributed by atoms with Gasteiger partial charge in [0.15, 0.2) is 5.69 Å². The molecule has 4 rings (SSSR count). The van der Waals surface area contributed by atoms with Crippen LogP contribution in [0.15, 0.2) is 47.4 Å². The van der Waals surface area contributed by atoms with Crippen molar-refractivity contribution in [1.82, 2.24) is 20.0 Å². The molecule has 32 heavy (non-hydrogen) atoms. The SMILES string of the molecule is C[C@H]1CN(c2ccc(C(F)(F)F)cc2)C(=O)c2c(NC(=O)c3ccc(=O)[nH]n3)cnn21.S. The number of anilines is 2. The summed E-state index contributed by atoms with van der Waals surface area (Å²) >= 11 is 0. The molecule has 1 atom stereocenters. The minimum Gasteiger partial charge on any atom is -0.317 e. The van der Waals surface area contributed by atoms with Gasteiger partial charge in [0.1, 0.15) is 5.69 Å². The molecule has 168 valence electrons. The zero-order valence-corrected chi connectivity index (χ0v) is 17.5. The van der Waals surface area contributed by atoms with E-state index in [-0.39, 0.29) is 48.8 Å². The number of alkyl halides is 3. The van der Waals surface area contributed by atoms with Crippen LogP contribution in [0.1, 0.15) is 39.5 Å². The Morgan fingerprint density at radius 1 is 1.16 bits per heavy atom. The smallest absolute Gasteiger partial charge is 0.317 e. The van der Waals surface area contributed by atoms with Crippen LogP contribution >= 0.6 is 13.5 Å². The Kier molecular flexibility index (Phi) is 6.12. The summed E-state index contributed by atoms with van der Waals surface area (Å²) < 4.78 is 39.9. The third-order valence-electron chi connectivity index (χ3n) is 4.77. The molecule has 13 heteroatoms. The molecule has 0 aliphatic carbocycles. The maximum Gasteiger partial charge on any atom is 0.416 e. The number of hydrogen-bond acceptors (Lipinski definition) is 5. The number of halogens is 3. The normalized spacial score (nSPS) is 15.7. The summed E-state index contributed by atoms with van der Waals surface area (Å²) in [6, 6.07) is 6.32. The molecule has 2 amide bonds. The van der Waals surface area contributed by atoms with Crippen molar-refractivity contribution in [2.45, 2.75) is 19.1 Å². The summed E-state index contributed by atoms with van der Waals surface area (Å²) in [6.45, 7) is 1.98. The van der Waals surface area contributed by atoms with Crippen LogP contribution in [-0.2, 0) is 6.18 Å². The Morgan fingerprint density at radius 2 is 1.84 bits per heavy atom. The van der Waals surface area contributed by atoms with Crippen LogP contribution in [0.5, 0.6) is 0 Å². The Morgan fingerprint density at radius 3 is 2.44 bits per heavy atom. The first kappa shape index (κ1) is 23.1. The number of nitrogens with zero attached hydrogens (tertiary/aromatic N) is 4. The van der Waals surface area contributed by atoms with Crippen molar-refractivity contribution in [3.63, 3.8) is 0 Å². The molecule has 0 fully saturated rings. The second-order valence-corrected chi connectivity index (χ2v) is 6.92. The van der Waals surface area contributed by atoms with Gasteiger partial charge in [0.05, 0.1) is 23.5 Å². The second kappa shape index (κ2) is 8.49. The number of aromatic nitrogens is 4. The highest BCUT2D eigenvalue weighted by Crippen LogP contribution is 2.33. The van der Waals surface area contributed by atoms with Gasteiger partial charge in [-0.05, 0) is 37.3 Å². The Balaban J connectivity index is 0.00000289. The van der Waals surface area contributed by atoms with Crippen molar-refractivity contribution >= 4 is 36.7 Å². The van der Waals surface area contributed by atoms with Gasteiger partial charge in [0.2, 0.25) is 0 Å². The first-order chi connectivity index (χ1) is 14.6. The number of hydrogen-bond donors (Lipinski definition) is 2. The van der Waals surface area contributed by atoms with Crippen LogP contribution in [0.2, 0.25) is 0 Å². The summed E-state index contributed by atoms with van der Waals surface area (Å²) in [5.41, 5.74) is -0.883. The molecule has 9 nitrogen and oxygen atoms in total. The van der Waals surface area contributed by atoms with Crippen molar-refractivity contribution in [2.24, 2.45) is 0 Å². The summed E-state index contributed by atoms with van der Waals surface area (Å²) in [5, 5.41) is 12.5. The molecule has 3 heterocycles. The lowest BCUT2D eigenvalue weighted by Crippen LogP contribution is -2.43. The van der Waals surface area contributed by atoms with E-state index in [1.807, 2.05) is 0 Å². The van der Waals surface area contributed by atoms with Crippen molar-refractivity contribution in [3.05, 3.63) is 69.9 Å². The molecule has 1 aliphatic heterocycles. The molecular formula is C19H17F3N6O3S. The van der Waals surface area contributed by atoms with Gasteiger partial charge in [-0.25, -0.2) is 5.10 Å². The van der Waals surface area contributed by atoms with Crippen molar-refractivity contribution in [2.75, 3.05) is 16.8 Å². The van der Waals surface area contributed by atoms with Gasteiger partial charge < -0.3 is 10.2 Å². The third-order valence-corrected chi connectivity index (χ3v) is 4.77. The summed E-state index contributed by atoms with van der Waals surface area (Å²) in [4.78, 5) is 38.0. The zero-order valence-electron chi connectivity index (χ0n) is 16.5. The predicted octanol–water partition coefficient (Wildman–Crippen LogP) is 2.57. The molecule has 2 N–H and O–H groups in total. The Bertz CT molecular complexity index is 1200. The maximum absolute atomic E-state index is 13.1. The van der Waals surface area contributed by atoms with Crippen LogP contribution in [0.4, 0.5) is 24.5 Å². The van der Waals surface area contributed by atoms with Crippen LogP contribution in [0.3, 0.4) is 0 Å². The van der Waals surface area contributed by atoms with Gasteiger partial charge in [-0.3, -0.25) is 19.1 Å². The molecule has 0 bridgehead atoms. The molecule has 3 aromatic rings. The minimum atomic E-state index is -4.48. The fraction of sp³-hybridized carbons (Fsp3) is 0.211. The molecule has 0 unspecified atom stereocenters. The molecule has 1 aliphatic rings. The standard InChI is InChI=1S/C19H15F3N6O3.H2S/c1-10-9-27(12-4-2-11(3-5-12)19(20,21)22)18(31)16-14(8-23-28(10)16)24-17(30)13-6-7-15(29)26-25-13;/h2-8,10H,9H2,1H3,(H,24,30)(H,26,29);1H2/t10-;/m0./s1. The molecule has 2 aromatic heterocycles. The predicted molar refractivity (Wildman–Crippen MR) is 113 cm³/mol. The zero-order chi connectivity index (χ0) is 22.3. The van der Waals surface area contributed by atoms with Gasteiger partial charge in [0, 0.05) is 18.3 Å². The fourth-order valence-corrected chi connectivity index (χ4v) is 3.26. The first-order valence-electron chi connectivity index (χ1n) is 9.09. The van der Waals surface area contributed by atoms with Crippen LogP contribution < -0.4 is 15.8 Å². The number of aromatic amines is 1. The first-order valence-corrected chi connectivity index (χ1v) is 9.09. The number of carbonyl (C=O) groups excluding carboxylic acids is 2. The summed E-state index contributed by atoms with van der Waals surface area (Å²) in [7, 11) is 0. The molecule has 0 saturated carbocycles. The van der Waals surface area contributed by atoms with Crippen LogP contribution in [-0.4, -0.2) is 38.3 Å². The van der Waals surface area contributed by atoms with Crippen LogP contribution in [0.25, 0.3) is 0 Å². The minimum absolute atomic E-state index is 0. The molecule has 0 spiro atoms. The fourth-order valence-electron chi connectivity index (χ4n) is 3.26. The van der Waals surface area contributed by atoms with E-state index in [0.29, 0.717) is 0 Å². The highest BCUT2D eigenvalue weighted by molar-refractivity contribution is 7.59. The second-order valence-electron chi connectivity index (χ2n) is 6.92. The van der Waals surface area contributed by atoms with Crippen molar-refractivity contribution < 1.29 is 22.8 Å². The Labute approximate surface area is 185 Å². The van der Waals surface area contributed by atoms with E-state index >= 15 is 0 Å². The molecule has 0 radical (unpaired) electrons. The highest BCUT2D eigenvalue weighted by atomic mass is 32.1. The largest absolute Gasteiger partial charge is 0.416 e. The highest BCUT2D eigenvalue weighted by Gasteiger charge is 2.35. The summed E-state index contributed by atoms with van der Waals surface area (Å²) in [5.74, 6) is -1.20. The van der Waals surface area contributed by atoms with E-state index in [2.05, 4.69) is 20.6 Å². The number of nitrogens with one attached hydrogen (secondary N) is 2. The quantitative estimate of drug-likeness (QED) is 0.616. The number of benzene rings is 1. The van der Waals surface area contributed by atoms with E-state index < -0.39 is 29.1 Å². The number of carbonyl (C=O) groups is 2. The van der Waals surface area contributed by atoms with Crippen LogP contribution in [0, 0.1) is 0 Å². The third kappa shape index (κ3) is 4.23. The monoisotopic (exact) mass is 466 g/mol. The Hall–Kier alpha value is -3.61. The van der Waals surface area contributed by atoms with Gasteiger partial charge in [-0.2, -0.15) is 36.9 Å². The summed E-state index contributed by atoms with van der Waals surface area (Å²) in [6.07, 6.45) is -3.17. The average molecular weight is 466 g/mol. The topological polar surface area (TPSA) is 113 Å². The van der Waals surface area contributed by atoms with E-state index in [9.17, 15) is 27.6 Å². The van der Waals surface area contributed by atoms with E-state index in [1.54, 1.807) is 6.92 Å². The van der Waals surface area contributed by atoms with Crippen molar-refractivity contribution in [1.29, 1.82) is 0 Å². The lowest BCUT2D eigenvalue weighted by atomic mass is 10.1. The van der Waals surface area contributed by atoms with Gasteiger partial charge in [-0.15, -0.1) is 0 Å². The average Bonchev–Trinajstić information content (AvgIpc) is 3.15. The van der Waals surface area contributed by atoms with E-state index in [0.717, 1.165) is 18.2 Å². The number of H-pyrrole nitrogens is 1.